The van der Waals surface area contributed by atoms with E-state index < -0.39 is 0 Å². The van der Waals surface area contributed by atoms with Crippen LogP contribution in [0.2, 0.25) is 0 Å². The summed E-state index contributed by atoms with van der Waals surface area (Å²) in [6.07, 6.45) is 1.19. The van der Waals surface area contributed by atoms with Gasteiger partial charge in [0.15, 0.2) is 0 Å². The van der Waals surface area contributed by atoms with Gasteiger partial charge in [0.1, 0.15) is 0 Å². The van der Waals surface area contributed by atoms with Gasteiger partial charge in [-0.15, -0.1) is 0 Å². The minimum atomic E-state index is 0.304. The third kappa shape index (κ3) is 4.43. The highest BCUT2D eigenvalue weighted by atomic mass is 15.2. The van der Waals surface area contributed by atoms with Gasteiger partial charge in [0.05, 0.1) is 0 Å². The number of nitrogens with one attached hydrogen (secondary N) is 1. The zero-order valence-corrected chi connectivity index (χ0v) is 11.0. The van der Waals surface area contributed by atoms with Crippen molar-refractivity contribution in [3.63, 3.8) is 0 Å². The van der Waals surface area contributed by atoms with Crippen LogP contribution < -0.4 is 5.32 Å². The van der Waals surface area contributed by atoms with Crippen molar-refractivity contribution < 1.29 is 0 Å². The van der Waals surface area contributed by atoms with E-state index in [0.717, 1.165) is 6.54 Å². The Morgan fingerprint density at radius 3 is 2.07 bits per heavy atom. The van der Waals surface area contributed by atoms with Crippen molar-refractivity contribution in [1.29, 1.82) is 0 Å². The van der Waals surface area contributed by atoms with E-state index in [-0.39, 0.29) is 0 Å². The van der Waals surface area contributed by atoms with E-state index in [0.29, 0.717) is 17.6 Å². The summed E-state index contributed by atoms with van der Waals surface area (Å²) in [7, 11) is 2.22. The van der Waals surface area contributed by atoms with Crippen molar-refractivity contribution >= 4 is 0 Å². The molecule has 0 saturated carbocycles. The molecular weight excluding hydrogens is 172 g/mol. The van der Waals surface area contributed by atoms with Crippen molar-refractivity contribution in [2.75, 3.05) is 13.6 Å². The first-order valence-corrected chi connectivity index (χ1v) is 5.77. The highest BCUT2D eigenvalue weighted by Gasteiger charge is 2.24. The summed E-state index contributed by atoms with van der Waals surface area (Å²) in [6, 6.07) is 1.17. The number of rotatable bonds is 6. The highest BCUT2D eigenvalue weighted by molar-refractivity contribution is 4.82. The van der Waals surface area contributed by atoms with Gasteiger partial charge in [-0.05, 0) is 34.2 Å². The molecule has 0 aromatic rings. The zero-order chi connectivity index (χ0) is 11.4. The van der Waals surface area contributed by atoms with E-state index in [1.54, 1.807) is 0 Å². The molecule has 2 heteroatoms. The standard InChI is InChI=1S/C12H28N2/c1-8-12(5,6)14(7)11(4)9-13-10(2)3/h10-11,13H,8-9H2,1-7H3. The van der Waals surface area contributed by atoms with E-state index in [4.69, 9.17) is 0 Å². The van der Waals surface area contributed by atoms with Crippen LogP contribution in [0.15, 0.2) is 0 Å². The molecule has 0 aliphatic carbocycles. The second-order valence-electron chi connectivity index (χ2n) is 5.19. The lowest BCUT2D eigenvalue weighted by Gasteiger charge is -2.39. The summed E-state index contributed by atoms with van der Waals surface area (Å²) in [6.45, 7) is 14.6. The Kier molecular flexibility index (Phi) is 5.68. The van der Waals surface area contributed by atoms with Gasteiger partial charge in [-0.25, -0.2) is 0 Å². The van der Waals surface area contributed by atoms with E-state index in [9.17, 15) is 0 Å². The Bertz CT molecular complexity index is 152. The maximum Gasteiger partial charge on any atom is 0.0194 e. The van der Waals surface area contributed by atoms with Gasteiger partial charge in [0, 0.05) is 24.2 Å². The maximum absolute atomic E-state index is 3.48. The van der Waals surface area contributed by atoms with Crippen LogP contribution >= 0.6 is 0 Å². The molecule has 0 radical (unpaired) electrons. The summed E-state index contributed by atoms with van der Waals surface area (Å²) < 4.78 is 0. The third-order valence-corrected chi connectivity index (χ3v) is 3.30. The first-order chi connectivity index (χ1) is 6.31. The Hall–Kier alpha value is -0.0800. The molecule has 0 fully saturated rings. The molecule has 86 valence electrons. The Morgan fingerprint density at radius 2 is 1.71 bits per heavy atom. The van der Waals surface area contributed by atoms with Crippen molar-refractivity contribution in [3.05, 3.63) is 0 Å². The summed E-state index contributed by atoms with van der Waals surface area (Å²) in [5, 5.41) is 3.48. The lowest BCUT2D eigenvalue weighted by Crippen LogP contribution is -2.50. The monoisotopic (exact) mass is 200 g/mol. The zero-order valence-electron chi connectivity index (χ0n) is 11.0. The van der Waals surface area contributed by atoms with Crippen LogP contribution in [0, 0.1) is 0 Å². The molecule has 0 amide bonds. The highest BCUT2D eigenvalue weighted by Crippen LogP contribution is 2.18. The van der Waals surface area contributed by atoms with Gasteiger partial charge in [-0.2, -0.15) is 0 Å². The molecule has 1 N–H and O–H groups in total. The number of likely N-dealkylation sites (N-methyl/N-ethyl adjacent to an activating group) is 1. The van der Waals surface area contributed by atoms with Gasteiger partial charge < -0.3 is 5.32 Å². The molecule has 0 aromatic carbocycles. The molecule has 0 bridgehead atoms. The van der Waals surface area contributed by atoms with Crippen LogP contribution in [0.5, 0.6) is 0 Å². The van der Waals surface area contributed by atoms with Crippen LogP contribution in [-0.4, -0.2) is 36.1 Å². The topological polar surface area (TPSA) is 15.3 Å². The Labute approximate surface area is 90.1 Å². The molecule has 2 nitrogen and oxygen atoms in total. The average molecular weight is 200 g/mol. The van der Waals surface area contributed by atoms with Crippen LogP contribution in [0.3, 0.4) is 0 Å². The maximum atomic E-state index is 3.48. The normalized spacial score (nSPS) is 15.2. The first-order valence-electron chi connectivity index (χ1n) is 5.77. The molecule has 0 aliphatic heterocycles. The number of nitrogens with zero attached hydrogens (tertiary/aromatic N) is 1. The largest absolute Gasteiger partial charge is 0.313 e. The molecule has 0 spiro atoms. The quantitative estimate of drug-likeness (QED) is 0.708. The lowest BCUT2D eigenvalue weighted by atomic mass is 9.98. The predicted octanol–water partition coefficient (Wildman–Crippen LogP) is 2.49. The Morgan fingerprint density at radius 1 is 1.21 bits per heavy atom. The van der Waals surface area contributed by atoms with E-state index in [2.05, 4.69) is 58.8 Å². The molecule has 14 heavy (non-hydrogen) atoms. The minimum Gasteiger partial charge on any atom is -0.313 e. The molecule has 0 aromatic heterocycles. The van der Waals surface area contributed by atoms with E-state index in [1.807, 2.05) is 0 Å². The second-order valence-corrected chi connectivity index (χ2v) is 5.19. The van der Waals surface area contributed by atoms with Crippen molar-refractivity contribution in [3.8, 4) is 0 Å². The van der Waals surface area contributed by atoms with Gasteiger partial charge in [-0.1, -0.05) is 20.8 Å². The predicted molar refractivity (Wildman–Crippen MR) is 64.7 cm³/mol. The van der Waals surface area contributed by atoms with Crippen LogP contribution in [0.25, 0.3) is 0 Å². The average Bonchev–Trinajstić information content (AvgIpc) is 2.12. The van der Waals surface area contributed by atoms with Gasteiger partial charge in [-0.3, -0.25) is 4.90 Å². The molecule has 0 rings (SSSR count). The third-order valence-electron chi connectivity index (χ3n) is 3.30. The molecule has 0 aliphatic rings. The van der Waals surface area contributed by atoms with Crippen molar-refractivity contribution in [2.45, 2.75) is 65.6 Å². The molecule has 0 heterocycles. The second kappa shape index (κ2) is 5.72. The minimum absolute atomic E-state index is 0.304. The van der Waals surface area contributed by atoms with Gasteiger partial charge >= 0.3 is 0 Å². The summed E-state index contributed by atoms with van der Waals surface area (Å²) >= 11 is 0. The summed E-state index contributed by atoms with van der Waals surface area (Å²) in [5.41, 5.74) is 0.304. The van der Waals surface area contributed by atoms with Gasteiger partial charge in [0.2, 0.25) is 0 Å². The molecule has 1 atom stereocenters. The fourth-order valence-electron chi connectivity index (χ4n) is 1.39. The van der Waals surface area contributed by atoms with Crippen molar-refractivity contribution in [2.24, 2.45) is 0 Å². The fraction of sp³-hybridized carbons (Fsp3) is 1.00. The number of hydrogen-bond acceptors (Lipinski definition) is 2. The lowest BCUT2D eigenvalue weighted by molar-refractivity contribution is 0.104. The van der Waals surface area contributed by atoms with E-state index >= 15 is 0 Å². The Balaban J connectivity index is 4.04. The summed E-state index contributed by atoms with van der Waals surface area (Å²) in [4.78, 5) is 2.46. The molecule has 1 unspecified atom stereocenters. The SMILES string of the molecule is CCC(C)(C)N(C)C(C)CNC(C)C. The van der Waals surface area contributed by atoms with Gasteiger partial charge in [0.25, 0.3) is 0 Å². The smallest absolute Gasteiger partial charge is 0.0194 e. The van der Waals surface area contributed by atoms with Crippen LogP contribution in [-0.2, 0) is 0 Å². The van der Waals surface area contributed by atoms with Crippen LogP contribution in [0.4, 0.5) is 0 Å². The summed E-state index contributed by atoms with van der Waals surface area (Å²) in [5.74, 6) is 0. The van der Waals surface area contributed by atoms with Crippen molar-refractivity contribution in [1.82, 2.24) is 10.2 Å². The fourth-order valence-corrected chi connectivity index (χ4v) is 1.39. The molecule has 0 saturated heterocycles. The first kappa shape index (κ1) is 13.9. The molecular formula is C12H28N2. The number of hydrogen-bond donors (Lipinski definition) is 1. The van der Waals surface area contributed by atoms with E-state index in [1.165, 1.54) is 6.42 Å². The van der Waals surface area contributed by atoms with Crippen LogP contribution in [0.1, 0.15) is 48.0 Å².